The molecule has 1 atom stereocenters. The summed E-state index contributed by atoms with van der Waals surface area (Å²) in [6.07, 6.45) is -0.690. The first-order valence-electron chi connectivity index (χ1n) is 8.36. The third-order valence-corrected chi connectivity index (χ3v) is 4.19. The van der Waals surface area contributed by atoms with Crippen LogP contribution in [0.2, 0.25) is 0 Å². The lowest BCUT2D eigenvalue weighted by atomic mass is 9.84. The second-order valence-electron chi connectivity index (χ2n) is 5.78. The van der Waals surface area contributed by atoms with Crippen LogP contribution >= 0.6 is 0 Å². The number of ether oxygens (including phenoxy) is 2. The number of rotatable bonds is 5. The number of hydrogen-bond acceptors (Lipinski definition) is 6. The van der Waals surface area contributed by atoms with Gasteiger partial charge in [-0.2, -0.15) is 0 Å². The highest BCUT2D eigenvalue weighted by Gasteiger charge is 2.58. The third kappa shape index (κ3) is 3.66. The molecule has 1 aromatic rings. The van der Waals surface area contributed by atoms with Crippen LogP contribution in [-0.2, 0) is 19.1 Å². The Bertz CT molecular complexity index is 612. The SMILES string of the molecule is CCOC(=O)C1(C(=O)OCC)CC[C@H](O)CN1C(=O)c1ccccc1. The fourth-order valence-electron chi connectivity index (χ4n) is 2.97. The van der Waals surface area contributed by atoms with Gasteiger partial charge in [-0.25, -0.2) is 9.59 Å². The lowest BCUT2D eigenvalue weighted by Crippen LogP contribution is -2.67. The molecule has 0 saturated carbocycles. The number of likely N-dealkylation sites (tertiary alicyclic amines) is 1. The van der Waals surface area contributed by atoms with Gasteiger partial charge in [0.1, 0.15) is 0 Å². The number of amides is 1. The Hall–Kier alpha value is -2.41. The normalized spacial score (nSPS) is 19.2. The fraction of sp³-hybridized carbons (Fsp3) is 0.500. The van der Waals surface area contributed by atoms with Gasteiger partial charge in [0.15, 0.2) is 0 Å². The molecule has 1 N–H and O–H groups in total. The average Bonchev–Trinajstić information content (AvgIpc) is 2.62. The van der Waals surface area contributed by atoms with Gasteiger partial charge in [0.05, 0.1) is 19.3 Å². The highest BCUT2D eigenvalue weighted by atomic mass is 16.6. The van der Waals surface area contributed by atoms with Gasteiger partial charge < -0.3 is 19.5 Å². The van der Waals surface area contributed by atoms with Crippen LogP contribution in [0.25, 0.3) is 0 Å². The van der Waals surface area contributed by atoms with Crippen molar-refractivity contribution in [2.24, 2.45) is 0 Å². The van der Waals surface area contributed by atoms with E-state index < -0.39 is 29.5 Å². The summed E-state index contributed by atoms with van der Waals surface area (Å²) in [5.41, 5.74) is -1.56. The van der Waals surface area contributed by atoms with E-state index in [1.165, 1.54) is 0 Å². The number of carbonyl (C=O) groups excluding carboxylic acids is 3. The molecule has 0 unspecified atom stereocenters. The summed E-state index contributed by atoms with van der Waals surface area (Å²) in [6.45, 7) is 3.23. The molecule has 7 heteroatoms. The van der Waals surface area contributed by atoms with Crippen molar-refractivity contribution in [3.8, 4) is 0 Å². The molecule has 1 aliphatic rings. The minimum absolute atomic E-state index is 0.0512. The van der Waals surface area contributed by atoms with E-state index >= 15 is 0 Å². The first-order chi connectivity index (χ1) is 12.0. The van der Waals surface area contributed by atoms with Crippen molar-refractivity contribution in [1.82, 2.24) is 4.90 Å². The Morgan fingerprint density at radius 1 is 1.12 bits per heavy atom. The van der Waals surface area contributed by atoms with Crippen LogP contribution in [0.1, 0.15) is 37.0 Å². The summed E-state index contributed by atoms with van der Waals surface area (Å²) in [5, 5.41) is 10.0. The molecule has 136 valence electrons. The van der Waals surface area contributed by atoms with E-state index in [9.17, 15) is 19.5 Å². The van der Waals surface area contributed by atoms with Crippen molar-refractivity contribution in [2.75, 3.05) is 19.8 Å². The van der Waals surface area contributed by atoms with Crippen LogP contribution in [0.4, 0.5) is 0 Å². The maximum Gasteiger partial charge on any atom is 0.343 e. The predicted octanol–water partition coefficient (Wildman–Crippen LogP) is 1.15. The number of benzene rings is 1. The van der Waals surface area contributed by atoms with E-state index in [0.29, 0.717) is 5.56 Å². The monoisotopic (exact) mass is 349 g/mol. The Morgan fingerprint density at radius 3 is 2.20 bits per heavy atom. The zero-order chi connectivity index (χ0) is 18.4. The first-order valence-corrected chi connectivity index (χ1v) is 8.36. The topological polar surface area (TPSA) is 93.1 Å². The molecule has 0 aliphatic carbocycles. The Labute approximate surface area is 146 Å². The number of aliphatic hydroxyl groups excluding tert-OH is 1. The van der Waals surface area contributed by atoms with E-state index in [1.54, 1.807) is 44.2 Å². The molecule has 0 aromatic heterocycles. The number of β-amino-alcohol motifs (C(OH)–C–C–N with tert-alkyl or cyclic N) is 1. The van der Waals surface area contributed by atoms with Crippen molar-refractivity contribution in [3.63, 3.8) is 0 Å². The van der Waals surface area contributed by atoms with Gasteiger partial charge in [0, 0.05) is 12.1 Å². The van der Waals surface area contributed by atoms with Crippen LogP contribution < -0.4 is 0 Å². The van der Waals surface area contributed by atoms with Gasteiger partial charge in [-0.3, -0.25) is 4.79 Å². The molecule has 1 heterocycles. The summed E-state index contributed by atoms with van der Waals surface area (Å²) in [7, 11) is 0. The van der Waals surface area contributed by atoms with Gasteiger partial charge in [-0.15, -0.1) is 0 Å². The molecule has 0 radical (unpaired) electrons. The van der Waals surface area contributed by atoms with Crippen molar-refractivity contribution < 1.29 is 29.0 Å². The minimum atomic E-state index is -1.88. The number of nitrogens with zero attached hydrogens (tertiary/aromatic N) is 1. The van der Waals surface area contributed by atoms with Gasteiger partial charge in [-0.05, 0) is 38.8 Å². The summed E-state index contributed by atoms with van der Waals surface area (Å²) < 4.78 is 10.2. The highest BCUT2D eigenvalue weighted by molar-refractivity contribution is 6.10. The molecule has 1 fully saturated rings. The molecule has 1 saturated heterocycles. The van der Waals surface area contributed by atoms with Gasteiger partial charge in [0.25, 0.3) is 5.91 Å². The van der Waals surface area contributed by atoms with Crippen molar-refractivity contribution in [1.29, 1.82) is 0 Å². The Kier molecular flexibility index (Phi) is 6.14. The molecule has 1 aliphatic heterocycles. The Balaban J connectivity index is 2.50. The van der Waals surface area contributed by atoms with Gasteiger partial charge in [0.2, 0.25) is 5.54 Å². The number of aliphatic hydroxyl groups is 1. The zero-order valence-corrected chi connectivity index (χ0v) is 14.4. The maximum absolute atomic E-state index is 13.0. The third-order valence-electron chi connectivity index (χ3n) is 4.19. The molecule has 1 amide bonds. The molecule has 2 rings (SSSR count). The van der Waals surface area contributed by atoms with E-state index in [2.05, 4.69) is 0 Å². The molecular formula is C18H23NO6. The number of carbonyl (C=O) groups is 3. The lowest BCUT2D eigenvalue weighted by Gasteiger charge is -2.44. The summed E-state index contributed by atoms with van der Waals surface area (Å²) >= 11 is 0. The maximum atomic E-state index is 13.0. The first kappa shape index (κ1) is 18.9. The second kappa shape index (κ2) is 8.11. The largest absolute Gasteiger partial charge is 0.464 e. The molecule has 0 bridgehead atoms. The standard InChI is InChI=1S/C18H23NO6/c1-3-24-16(22)18(17(23)25-4-2)11-10-14(20)12-19(18)15(21)13-8-6-5-7-9-13/h5-9,14,20H,3-4,10-12H2,1-2H3/t14-/m0/s1. The van der Waals surface area contributed by atoms with Crippen LogP contribution in [0.3, 0.4) is 0 Å². The van der Waals surface area contributed by atoms with Crippen LogP contribution in [0.5, 0.6) is 0 Å². The van der Waals surface area contributed by atoms with Gasteiger partial charge in [-0.1, -0.05) is 18.2 Å². The summed E-state index contributed by atoms with van der Waals surface area (Å²) in [4.78, 5) is 39.4. The zero-order valence-electron chi connectivity index (χ0n) is 14.4. The van der Waals surface area contributed by atoms with E-state index in [0.717, 1.165) is 4.90 Å². The van der Waals surface area contributed by atoms with Crippen LogP contribution in [0.15, 0.2) is 30.3 Å². The lowest BCUT2D eigenvalue weighted by molar-refractivity contribution is -0.177. The van der Waals surface area contributed by atoms with Crippen molar-refractivity contribution in [3.05, 3.63) is 35.9 Å². The minimum Gasteiger partial charge on any atom is -0.464 e. The summed E-state index contributed by atoms with van der Waals surface area (Å²) in [6, 6.07) is 8.30. The van der Waals surface area contributed by atoms with E-state index in [4.69, 9.17) is 9.47 Å². The molecule has 1 aromatic carbocycles. The molecule has 0 spiro atoms. The van der Waals surface area contributed by atoms with Crippen LogP contribution in [-0.4, -0.2) is 59.3 Å². The average molecular weight is 349 g/mol. The molecule has 25 heavy (non-hydrogen) atoms. The van der Waals surface area contributed by atoms with Crippen molar-refractivity contribution in [2.45, 2.75) is 38.3 Å². The van der Waals surface area contributed by atoms with Gasteiger partial charge >= 0.3 is 11.9 Å². The quantitative estimate of drug-likeness (QED) is 0.633. The fourth-order valence-corrected chi connectivity index (χ4v) is 2.97. The molecule has 7 nitrogen and oxygen atoms in total. The number of esters is 2. The molecular weight excluding hydrogens is 326 g/mol. The number of hydrogen-bond donors (Lipinski definition) is 1. The second-order valence-corrected chi connectivity index (χ2v) is 5.78. The van der Waals surface area contributed by atoms with Crippen LogP contribution in [0, 0.1) is 0 Å². The number of piperidine rings is 1. The highest BCUT2D eigenvalue weighted by Crippen LogP contribution is 2.33. The Morgan fingerprint density at radius 2 is 1.68 bits per heavy atom. The predicted molar refractivity (Wildman–Crippen MR) is 88.7 cm³/mol. The van der Waals surface area contributed by atoms with Crippen molar-refractivity contribution >= 4 is 17.8 Å². The summed E-state index contributed by atoms with van der Waals surface area (Å²) in [5.74, 6) is -2.19. The smallest absolute Gasteiger partial charge is 0.343 e. The van der Waals surface area contributed by atoms with E-state index in [-0.39, 0.29) is 32.6 Å². The van der Waals surface area contributed by atoms with E-state index in [1.807, 2.05) is 0 Å².